The number of anilines is 2. The largest absolute Gasteiger partial charge is 0.351 e. The number of halogens is 4. The zero-order chi connectivity index (χ0) is 31.8. The SMILES string of the molecule is CC(C)n1c(=O)c(-c2ccc(NS(=O)(=O)CC3CC(F)(F)C3)c(F)c2)cc2cnc(N[C@H]3CC[C@H](N(C)CCF)CC3)nc21. The van der Waals surface area contributed by atoms with Crippen LogP contribution in [-0.4, -0.2) is 71.9 Å². The van der Waals surface area contributed by atoms with E-state index in [1.54, 1.807) is 12.3 Å². The second kappa shape index (κ2) is 12.6. The highest BCUT2D eigenvalue weighted by Crippen LogP contribution is 2.43. The number of pyridine rings is 1. The Bertz CT molecular complexity index is 1670. The summed E-state index contributed by atoms with van der Waals surface area (Å²) in [6.07, 6.45) is 4.20. The molecule has 3 aromatic rings. The maximum absolute atomic E-state index is 15.1. The summed E-state index contributed by atoms with van der Waals surface area (Å²) < 4.78 is 82.6. The van der Waals surface area contributed by atoms with E-state index in [-0.39, 0.29) is 35.6 Å². The molecule has 0 radical (unpaired) electrons. The van der Waals surface area contributed by atoms with E-state index in [4.69, 9.17) is 0 Å². The lowest BCUT2D eigenvalue weighted by Gasteiger charge is -2.34. The topological polar surface area (TPSA) is 109 Å². The van der Waals surface area contributed by atoms with E-state index in [0.29, 0.717) is 29.6 Å². The van der Waals surface area contributed by atoms with Crippen molar-refractivity contribution in [2.75, 3.05) is 36.1 Å². The highest BCUT2D eigenvalue weighted by Gasteiger charge is 2.46. The van der Waals surface area contributed by atoms with Gasteiger partial charge >= 0.3 is 0 Å². The summed E-state index contributed by atoms with van der Waals surface area (Å²) in [6.45, 7) is 3.73. The van der Waals surface area contributed by atoms with Crippen molar-refractivity contribution >= 4 is 32.7 Å². The Morgan fingerprint density at radius 3 is 2.45 bits per heavy atom. The summed E-state index contributed by atoms with van der Waals surface area (Å²) in [5.41, 5.74) is 0.131. The van der Waals surface area contributed by atoms with Crippen molar-refractivity contribution in [3.63, 3.8) is 0 Å². The average Bonchev–Trinajstić information content (AvgIpc) is 2.93. The highest BCUT2D eigenvalue weighted by atomic mass is 32.2. The summed E-state index contributed by atoms with van der Waals surface area (Å²) in [6, 6.07) is 5.51. The Kier molecular flexibility index (Phi) is 9.22. The van der Waals surface area contributed by atoms with E-state index < -0.39 is 51.8 Å². The number of sulfonamides is 1. The Labute approximate surface area is 254 Å². The standard InChI is InChI=1S/C30H38F4N6O3S/c1-18(2)40-27-21(16-35-29(37-27)36-22-5-7-23(8-6-22)39(3)11-10-31)12-24(28(40)41)20-4-9-26(25(32)13-20)38-44(42,43)17-19-14-30(33,34)15-19/h4,9,12-13,16,18-19,22-23,38H,5-8,10-11,14-15,17H2,1-3H3,(H,35,36,37)/t22-,23-. The van der Waals surface area contributed by atoms with Crippen LogP contribution in [0.2, 0.25) is 0 Å². The number of nitrogens with one attached hydrogen (secondary N) is 2. The van der Waals surface area contributed by atoms with Gasteiger partial charge in [-0.3, -0.25) is 14.1 Å². The van der Waals surface area contributed by atoms with Crippen LogP contribution in [0.25, 0.3) is 22.2 Å². The quantitative estimate of drug-likeness (QED) is 0.264. The van der Waals surface area contributed by atoms with Crippen LogP contribution in [0.3, 0.4) is 0 Å². The molecule has 0 spiro atoms. The van der Waals surface area contributed by atoms with E-state index in [1.165, 1.54) is 16.7 Å². The first-order valence-electron chi connectivity index (χ1n) is 14.9. The van der Waals surface area contributed by atoms with Crippen LogP contribution in [0, 0.1) is 11.7 Å². The van der Waals surface area contributed by atoms with Crippen molar-refractivity contribution in [1.82, 2.24) is 19.4 Å². The van der Waals surface area contributed by atoms with Gasteiger partial charge in [0.05, 0.1) is 11.4 Å². The molecule has 2 aliphatic carbocycles. The smallest absolute Gasteiger partial charge is 0.260 e. The molecular formula is C30H38F4N6O3S. The van der Waals surface area contributed by atoms with Crippen molar-refractivity contribution in [2.24, 2.45) is 5.92 Å². The molecule has 2 heterocycles. The summed E-state index contributed by atoms with van der Waals surface area (Å²) in [5, 5.41) is 3.95. The van der Waals surface area contributed by atoms with E-state index >= 15 is 4.39 Å². The molecule has 240 valence electrons. The Balaban J connectivity index is 1.35. The van der Waals surface area contributed by atoms with Gasteiger partial charge < -0.3 is 10.2 Å². The van der Waals surface area contributed by atoms with Crippen LogP contribution in [-0.2, 0) is 10.0 Å². The van der Waals surface area contributed by atoms with E-state index in [9.17, 15) is 26.4 Å². The van der Waals surface area contributed by atoms with Crippen LogP contribution in [0.15, 0.2) is 35.3 Å². The first-order valence-corrected chi connectivity index (χ1v) is 16.5. The average molecular weight is 639 g/mol. The normalized spacial score (nSPS) is 20.7. The fourth-order valence-electron chi connectivity index (χ4n) is 6.22. The number of nitrogens with zero attached hydrogens (tertiary/aromatic N) is 4. The van der Waals surface area contributed by atoms with Crippen molar-refractivity contribution in [2.45, 2.75) is 76.4 Å². The molecule has 2 saturated carbocycles. The van der Waals surface area contributed by atoms with E-state index in [0.717, 1.165) is 31.7 Å². The maximum atomic E-state index is 15.1. The fraction of sp³-hybridized carbons (Fsp3) is 0.567. The molecule has 2 N–H and O–H groups in total. The minimum absolute atomic E-state index is 0.148. The van der Waals surface area contributed by atoms with Gasteiger partial charge in [0, 0.05) is 54.7 Å². The molecule has 5 rings (SSSR count). The van der Waals surface area contributed by atoms with Gasteiger partial charge in [-0.2, -0.15) is 4.98 Å². The third-order valence-electron chi connectivity index (χ3n) is 8.56. The van der Waals surface area contributed by atoms with Crippen molar-refractivity contribution < 1.29 is 26.0 Å². The number of hydrogen-bond donors (Lipinski definition) is 2. The third-order valence-corrected chi connectivity index (χ3v) is 10.00. The second-order valence-electron chi connectivity index (χ2n) is 12.3. The predicted octanol–water partition coefficient (Wildman–Crippen LogP) is 5.59. The molecular weight excluding hydrogens is 600 g/mol. The molecule has 44 heavy (non-hydrogen) atoms. The molecule has 2 aliphatic rings. The van der Waals surface area contributed by atoms with Crippen LogP contribution < -0.4 is 15.6 Å². The molecule has 14 heteroatoms. The number of benzene rings is 1. The Morgan fingerprint density at radius 2 is 1.84 bits per heavy atom. The van der Waals surface area contributed by atoms with Gasteiger partial charge in [0.2, 0.25) is 21.9 Å². The lowest BCUT2D eigenvalue weighted by Crippen LogP contribution is -2.40. The van der Waals surface area contributed by atoms with Crippen LogP contribution in [0.5, 0.6) is 0 Å². The van der Waals surface area contributed by atoms with Crippen molar-refractivity contribution in [1.29, 1.82) is 0 Å². The molecule has 0 bridgehead atoms. The van der Waals surface area contributed by atoms with E-state index in [2.05, 4.69) is 24.9 Å². The van der Waals surface area contributed by atoms with Gasteiger partial charge in [0.1, 0.15) is 18.1 Å². The second-order valence-corrected chi connectivity index (χ2v) is 14.1. The minimum atomic E-state index is -4.05. The van der Waals surface area contributed by atoms with Crippen molar-refractivity contribution in [3.05, 3.63) is 46.6 Å². The molecule has 0 aliphatic heterocycles. The predicted molar refractivity (Wildman–Crippen MR) is 163 cm³/mol. The molecule has 0 saturated heterocycles. The number of rotatable bonds is 11. The van der Waals surface area contributed by atoms with Crippen LogP contribution >= 0.6 is 0 Å². The molecule has 9 nitrogen and oxygen atoms in total. The Morgan fingerprint density at radius 1 is 1.14 bits per heavy atom. The molecule has 0 unspecified atom stereocenters. The summed E-state index contributed by atoms with van der Waals surface area (Å²) in [7, 11) is -2.11. The van der Waals surface area contributed by atoms with Crippen molar-refractivity contribution in [3.8, 4) is 11.1 Å². The van der Waals surface area contributed by atoms with Crippen LogP contribution in [0.4, 0.5) is 29.2 Å². The summed E-state index contributed by atoms with van der Waals surface area (Å²) >= 11 is 0. The van der Waals surface area contributed by atoms with Gasteiger partial charge in [-0.25, -0.2) is 31.0 Å². The molecule has 1 aromatic carbocycles. The molecule has 2 aromatic heterocycles. The lowest BCUT2D eigenvalue weighted by atomic mass is 9.83. The first kappa shape index (κ1) is 32.1. The molecule has 0 atom stereocenters. The van der Waals surface area contributed by atoms with Gasteiger partial charge in [-0.05, 0) is 76.3 Å². The fourth-order valence-corrected chi connectivity index (χ4v) is 7.66. The molecule has 0 amide bonds. The summed E-state index contributed by atoms with van der Waals surface area (Å²) in [5.74, 6) is -4.57. The highest BCUT2D eigenvalue weighted by molar-refractivity contribution is 7.92. The first-order chi connectivity index (χ1) is 20.7. The number of alkyl halides is 3. The maximum Gasteiger partial charge on any atom is 0.260 e. The number of fused-ring (bicyclic) bond motifs is 1. The summed E-state index contributed by atoms with van der Waals surface area (Å²) in [4.78, 5) is 24.9. The van der Waals surface area contributed by atoms with Gasteiger partial charge in [0.25, 0.3) is 5.56 Å². The Hall–Kier alpha value is -3.26. The monoisotopic (exact) mass is 638 g/mol. The lowest BCUT2D eigenvalue weighted by molar-refractivity contribution is -0.103. The van der Waals surface area contributed by atoms with Gasteiger partial charge in [-0.1, -0.05) is 6.07 Å². The number of aromatic nitrogens is 3. The zero-order valence-electron chi connectivity index (χ0n) is 25.0. The van der Waals surface area contributed by atoms with Gasteiger partial charge in [0.15, 0.2) is 0 Å². The minimum Gasteiger partial charge on any atom is -0.351 e. The van der Waals surface area contributed by atoms with E-state index in [1.807, 2.05) is 20.9 Å². The third kappa shape index (κ3) is 7.17. The zero-order valence-corrected chi connectivity index (χ0v) is 25.8. The number of hydrogen-bond acceptors (Lipinski definition) is 7. The van der Waals surface area contributed by atoms with Gasteiger partial charge in [-0.15, -0.1) is 0 Å². The molecule has 2 fully saturated rings. The van der Waals surface area contributed by atoms with Crippen LogP contribution in [0.1, 0.15) is 58.4 Å².